The van der Waals surface area contributed by atoms with E-state index in [9.17, 15) is 15.3 Å². The number of aromatic hydroxyl groups is 1. The van der Waals surface area contributed by atoms with Crippen molar-refractivity contribution in [2.24, 2.45) is 0 Å². The fourth-order valence-electron chi connectivity index (χ4n) is 4.46. The summed E-state index contributed by atoms with van der Waals surface area (Å²) in [6.45, 7) is 4.47. The van der Waals surface area contributed by atoms with Gasteiger partial charge < -0.3 is 15.3 Å². The van der Waals surface area contributed by atoms with Gasteiger partial charge in [0, 0.05) is 26.2 Å². The Hall–Kier alpha value is -2.70. The monoisotopic (exact) mass is 418 g/mol. The number of hydrogen-bond donors (Lipinski definition) is 3. The van der Waals surface area contributed by atoms with Gasteiger partial charge in [-0.05, 0) is 35.7 Å². The van der Waals surface area contributed by atoms with Crippen LogP contribution in [0.4, 0.5) is 0 Å². The number of hydrogen-bond acceptors (Lipinski definition) is 5. The molecule has 0 unspecified atom stereocenters. The highest BCUT2D eigenvalue weighted by Gasteiger charge is 2.40. The van der Waals surface area contributed by atoms with E-state index in [1.165, 1.54) is 23.3 Å². The maximum atomic E-state index is 11.2. The maximum absolute atomic E-state index is 11.2. The summed E-state index contributed by atoms with van der Waals surface area (Å²) >= 11 is 0. The smallest absolute Gasteiger partial charge is 0.146 e. The van der Waals surface area contributed by atoms with E-state index >= 15 is 0 Å². The van der Waals surface area contributed by atoms with Crippen LogP contribution < -0.4 is 0 Å². The topological polar surface area (TPSA) is 67.2 Å². The molecule has 0 saturated carbocycles. The van der Waals surface area contributed by atoms with Gasteiger partial charge in [0.1, 0.15) is 17.6 Å². The number of aliphatic hydroxyl groups excluding tert-OH is 1. The van der Waals surface area contributed by atoms with Crippen LogP contribution in [0.2, 0.25) is 0 Å². The summed E-state index contributed by atoms with van der Waals surface area (Å²) in [6.07, 6.45) is -1.07. The van der Waals surface area contributed by atoms with Gasteiger partial charge >= 0.3 is 0 Å². The summed E-state index contributed by atoms with van der Waals surface area (Å²) in [6, 6.07) is 27.5. The van der Waals surface area contributed by atoms with E-state index in [-0.39, 0.29) is 11.8 Å². The highest BCUT2D eigenvalue weighted by Crippen LogP contribution is 2.34. The average Bonchev–Trinajstić information content (AvgIpc) is 2.81. The standard InChI is InChI=1S/C26H30N2O3/c1-26(31,25(30)22-12-14-23(29)15-13-22)28-18-16-27(17-19-28)24(20-8-4-2-5-9-20)21-10-6-3-7-11-21/h2-15,24-25,29-31H,16-19H2,1H3/t25-,26+/m0/s1. The predicted molar refractivity (Wildman–Crippen MR) is 122 cm³/mol. The van der Waals surface area contributed by atoms with Crippen LogP contribution in [0, 0.1) is 0 Å². The molecule has 0 aromatic heterocycles. The number of nitrogens with zero attached hydrogens (tertiary/aromatic N) is 2. The number of phenolic OH excluding ortho intramolecular Hbond substituents is 1. The van der Waals surface area contributed by atoms with Crippen molar-refractivity contribution in [1.82, 2.24) is 9.80 Å². The molecule has 0 amide bonds. The number of rotatable bonds is 6. The van der Waals surface area contributed by atoms with Crippen molar-refractivity contribution in [3.05, 3.63) is 102 Å². The quantitative estimate of drug-likeness (QED) is 0.571. The Kier molecular flexibility index (Phi) is 6.39. The van der Waals surface area contributed by atoms with Gasteiger partial charge in [0.05, 0.1) is 6.04 Å². The molecule has 1 aliphatic rings. The van der Waals surface area contributed by atoms with Crippen molar-refractivity contribution in [3.63, 3.8) is 0 Å². The summed E-state index contributed by atoms with van der Waals surface area (Å²) in [5, 5.41) is 31.5. The third kappa shape index (κ3) is 4.65. The van der Waals surface area contributed by atoms with Crippen molar-refractivity contribution < 1.29 is 15.3 Å². The lowest BCUT2D eigenvalue weighted by Gasteiger charge is -2.46. The van der Waals surface area contributed by atoms with Crippen molar-refractivity contribution >= 4 is 0 Å². The summed E-state index contributed by atoms with van der Waals surface area (Å²) in [7, 11) is 0. The molecule has 5 heteroatoms. The zero-order chi connectivity index (χ0) is 21.8. The molecule has 4 rings (SSSR count). The van der Waals surface area contributed by atoms with E-state index in [0.717, 1.165) is 13.1 Å². The molecule has 3 aromatic rings. The highest BCUT2D eigenvalue weighted by atomic mass is 16.4. The first-order valence-corrected chi connectivity index (χ1v) is 10.7. The van der Waals surface area contributed by atoms with Crippen LogP contribution in [0.25, 0.3) is 0 Å². The summed E-state index contributed by atoms with van der Waals surface area (Å²) in [4.78, 5) is 4.37. The van der Waals surface area contributed by atoms with Crippen LogP contribution >= 0.6 is 0 Å². The van der Waals surface area contributed by atoms with Crippen LogP contribution in [0.3, 0.4) is 0 Å². The van der Waals surface area contributed by atoms with Gasteiger partial charge in [-0.15, -0.1) is 0 Å². The molecule has 0 aliphatic carbocycles. The SMILES string of the molecule is C[C@@](O)([C@@H](O)c1ccc(O)cc1)N1CCN(C(c2ccccc2)c2ccccc2)CC1. The first-order valence-electron chi connectivity index (χ1n) is 10.7. The lowest BCUT2D eigenvalue weighted by atomic mass is 9.95. The van der Waals surface area contributed by atoms with Crippen LogP contribution in [0.5, 0.6) is 5.75 Å². The molecule has 1 fully saturated rings. The van der Waals surface area contributed by atoms with Crippen molar-refractivity contribution in [3.8, 4) is 5.75 Å². The number of aliphatic hydroxyl groups is 2. The van der Waals surface area contributed by atoms with Gasteiger partial charge in [-0.25, -0.2) is 0 Å². The van der Waals surface area contributed by atoms with E-state index in [0.29, 0.717) is 18.7 Å². The van der Waals surface area contributed by atoms with E-state index < -0.39 is 11.8 Å². The molecule has 1 aliphatic heterocycles. The molecule has 2 atom stereocenters. The molecule has 0 spiro atoms. The van der Waals surface area contributed by atoms with E-state index in [1.54, 1.807) is 19.1 Å². The highest BCUT2D eigenvalue weighted by molar-refractivity contribution is 5.32. The average molecular weight is 419 g/mol. The van der Waals surface area contributed by atoms with Crippen molar-refractivity contribution in [1.29, 1.82) is 0 Å². The maximum Gasteiger partial charge on any atom is 0.146 e. The van der Waals surface area contributed by atoms with Gasteiger partial charge in [-0.2, -0.15) is 0 Å². The van der Waals surface area contributed by atoms with Gasteiger partial charge in [-0.1, -0.05) is 72.8 Å². The molecule has 3 aromatic carbocycles. The van der Waals surface area contributed by atoms with Crippen LogP contribution in [-0.2, 0) is 0 Å². The summed E-state index contributed by atoms with van der Waals surface area (Å²) in [5.74, 6) is 0.136. The fourth-order valence-corrected chi connectivity index (χ4v) is 4.46. The number of benzene rings is 3. The number of piperazine rings is 1. The van der Waals surface area contributed by atoms with E-state index in [2.05, 4.69) is 53.4 Å². The summed E-state index contributed by atoms with van der Waals surface area (Å²) in [5.41, 5.74) is 1.67. The zero-order valence-electron chi connectivity index (χ0n) is 17.8. The van der Waals surface area contributed by atoms with Gasteiger partial charge in [0.15, 0.2) is 0 Å². The Morgan fingerprint density at radius 1 is 0.710 bits per heavy atom. The Bertz CT molecular complexity index is 913. The first kappa shape index (κ1) is 21.5. The number of phenols is 1. The second-order valence-corrected chi connectivity index (χ2v) is 8.34. The molecule has 162 valence electrons. The van der Waals surface area contributed by atoms with Crippen LogP contribution in [-0.4, -0.2) is 57.0 Å². The molecular weight excluding hydrogens is 388 g/mol. The Balaban J connectivity index is 1.50. The first-order chi connectivity index (χ1) is 15.0. The largest absolute Gasteiger partial charge is 0.508 e. The second kappa shape index (κ2) is 9.20. The molecule has 0 radical (unpaired) electrons. The Labute approximate surface area is 183 Å². The minimum Gasteiger partial charge on any atom is -0.508 e. The lowest BCUT2D eigenvalue weighted by Crippen LogP contribution is -2.58. The zero-order valence-corrected chi connectivity index (χ0v) is 17.8. The minimum absolute atomic E-state index is 0.136. The molecule has 3 N–H and O–H groups in total. The van der Waals surface area contributed by atoms with Gasteiger partial charge in [0.2, 0.25) is 0 Å². The minimum atomic E-state index is -1.40. The van der Waals surface area contributed by atoms with Crippen molar-refractivity contribution in [2.75, 3.05) is 26.2 Å². The third-order valence-corrected chi connectivity index (χ3v) is 6.28. The van der Waals surface area contributed by atoms with Gasteiger partial charge in [0.25, 0.3) is 0 Å². The van der Waals surface area contributed by atoms with Crippen molar-refractivity contribution in [2.45, 2.75) is 24.8 Å². The molecular formula is C26H30N2O3. The Morgan fingerprint density at radius 3 is 1.68 bits per heavy atom. The fraction of sp³-hybridized carbons (Fsp3) is 0.308. The van der Waals surface area contributed by atoms with Crippen LogP contribution in [0.1, 0.15) is 35.8 Å². The molecule has 1 heterocycles. The molecule has 31 heavy (non-hydrogen) atoms. The molecule has 5 nitrogen and oxygen atoms in total. The normalized spacial score (nSPS) is 18.6. The molecule has 0 bridgehead atoms. The van der Waals surface area contributed by atoms with E-state index in [4.69, 9.17) is 0 Å². The lowest BCUT2D eigenvalue weighted by molar-refractivity contribution is -0.180. The summed E-state index contributed by atoms with van der Waals surface area (Å²) < 4.78 is 0. The van der Waals surface area contributed by atoms with Crippen LogP contribution in [0.15, 0.2) is 84.9 Å². The Morgan fingerprint density at radius 2 is 1.19 bits per heavy atom. The third-order valence-electron chi connectivity index (χ3n) is 6.28. The van der Waals surface area contributed by atoms with E-state index in [1.807, 2.05) is 17.0 Å². The van der Waals surface area contributed by atoms with Gasteiger partial charge in [-0.3, -0.25) is 9.80 Å². The second-order valence-electron chi connectivity index (χ2n) is 8.34. The molecule has 1 saturated heterocycles. The predicted octanol–water partition coefficient (Wildman–Crippen LogP) is 3.54.